The lowest BCUT2D eigenvalue weighted by atomic mass is 9.94. The Kier molecular flexibility index (Phi) is 14.7. The standard InChI is InChI=1S/C47H53N3O3S/c1-3-5-7-9-11-19-33-52-46-42(37-27-25-36(35-51)26-28-37)44-45(49-54-48-44)43(47(46)53-34-20-12-10-8-6-4-2)38-29-31-41(32-30-38)50(39-21-15-13-16-22-39)40-23-17-14-18-24-40/h13-18,21-32,35H,3-12,19-20,33-34H2,1-2H3. The summed E-state index contributed by atoms with van der Waals surface area (Å²) in [5, 5.41) is 0. The average molecular weight is 740 g/mol. The van der Waals surface area contributed by atoms with Crippen molar-refractivity contribution in [2.75, 3.05) is 18.1 Å². The number of hydrogen-bond donors (Lipinski definition) is 0. The van der Waals surface area contributed by atoms with Gasteiger partial charge in [0.05, 0.1) is 36.1 Å². The summed E-state index contributed by atoms with van der Waals surface area (Å²) >= 11 is 1.20. The van der Waals surface area contributed by atoms with E-state index >= 15 is 0 Å². The third-order valence-corrected chi connectivity index (χ3v) is 10.4. The summed E-state index contributed by atoms with van der Waals surface area (Å²) in [4.78, 5) is 13.9. The molecule has 0 saturated heterocycles. The minimum atomic E-state index is 0.573. The third-order valence-electron chi connectivity index (χ3n) is 9.89. The summed E-state index contributed by atoms with van der Waals surface area (Å²) in [6, 6.07) is 37.2. The molecule has 0 bridgehead atoms. The first-order valence-electron chi connectivity index (χ1n) is 19.9. The number of anilines is 3. The Labute approximate surface area is 325 Å². The Hall–Kier alpha value is -5.01. The SMILES string of the molecule is CCCCCCCCOc1c(OCCCCCCCC)c(-c2ccc(N(c3ccccc3)c3ccccc3)cc2)c2nsnc2c1-c1ccc(C=O)cc1. The summed E-state index contributed by atoms with van der Waals surface area (Å²) in [5.74, 6) is 1.41. The Morgan fingerprint density at radius 2 is 0.926 bits per heavy atom. The number of carbonyl (C=O) groups is 1. The van der Waals surface area contributed by atoms with Crippen LogP contribution in [-0.2, 0) is 0 Å². The minimum Gasteiger partial charge on any atom is -0.489 e. The molecule has 5 aromatic carbocycles. The molecule has 1 heterocycles. The van der Waals surface area contributed by atoms with Crippen molar-refractivity contribution in [2.24, 2.45) is 0 Å². The Balaban J connectivity index is 1.44. The lowest BCUT2D eigenvalue weighted by Gasteiger charge is -2.26. The van der Waals surface area contributed by atoms with E-state index in [9.17, 15) is 4.79 Å². The molecule has 7 heteroatoms. The number of ether oxygens (including phenoxy) is 2. The number of hydrogen-bond acceptors (Lipinski definition) is 7. The van der Waals surface area contributed by atoms with Gasteiger partial charge >= 0.3 is 0 Å². The Morgan fingerprint density at radius 1 is 0.519 bits per heavy atom. The normalized spacial score (nSPS) is 11.1. The van der Waals surface area contributed by atoms with Gasteiger partial charge in [0.25, 0.3) is 0 Å². The maximum atomic E-state index is 11.6. The predicted octanol–water partition coefficient (Wildman–Crippen LogP) is 13.8. The fourth-order valence-corrected chi connectivity index (χ4v) is 7.55. The first-order chi connectivity index (χ1) is 26.7. The zero-order valence-electron chi connectivity index (χ0n) is 31.8. The van der Waals surface area contributed by atoms with E-state index in [1.807, 2.05) is 36.4 Å². The molecule has 0 atom stereocenters. The van der Waals surface area contributed by atoms with Crippen molar-refractivity contribution < 1.29 is 14.3 Å². The maximum Gasteiger partial charge on any atom is 0.172 e. The van der Waals surface area contributed by atoms with Crippen LogP contribution in [0.3, 0.4) is 0 Å². The molecule has 0 fully saturated rings. The molecule has 0 amide bonds. The summed E-state index contributed by atoms with van der Waals surface area (Å²) in [6.07, 6.45) is 14.9. The van der Waals surface area contributed by atoms with E-state index in [4.69, 9.17) is 18.2 Å². The van der Waals surface area contributed by atoms with Crippen LogP contribution < -0.4 is 14.4 Å². The first kappa shape index (κ1) is 38.7. The number of para-hydroxylation sites is 2. The van der Waals surface area contributed by atoms with Crippen LogP contribution in [0.1, 0.15) is 101 Å². The van der Waals surface area contributed by atoms with Crippen LogP contribution in [0.4, 0.5) is 17.1 Å². The predicted molar refractivity (Wildman–Crippen MR) is 226 cm³/mol. The highest BCUT2D eigenvalue weighted by atomic mass is 32.1. The average Bonchev–Trinajstić information content (AvgIpc) is 3.71. The summed E-state index contributed by atoms with van der Waals surface area (Å²) in [5.41, 5.74) is 9.07. The molecular formula is C47H53N3O3S. The highest BCUT2D eigenvalue weighted by Crippen LogP contribution is 2.51. The van der Waals surface area contributed by atoms with Gasteiger partial charge in [0, 0.05) is 22.6 Å². The van der Waals surface area contributed by atoms with Crippen molar-refractivity contribution in [1.82, 2.24) is 8.75 Å². The number of benzene rings is 5. The van der Waals surface area contributed by atoms with Gasteiger partial charge in [-0.05, 0) is 60.4 Å². The second-order valence-electron chi connectivity index (χ2n) is 13.9. The number of nitrogens with zero attached hydrogens (tertiary/aromatic N) is 3. The number of aromatic nitrogens is 2. The van der Waals surface area contributed by atoms with Gasteiger partial charge in [-0.2, -0.15) is 8.75 Å². The third kappa shape index (κ3) is 9.74. The molecule has 280 valence electrons. The van der Waals surface area contributed by atoms with Gasteiger partial charge in [-0.3, -0.25) is 4.79 Å². The summed E-state index contributed by atoms with van der Waals surface area (Å²) < 4.78 is 23.5. The number of unbranched alkanes of at least 4 members (excludes halogenated alkanes) is 10. The second kappa shape index (κ2) is 20.4. The molecular weight excluding hydrogens is 687 g/mol. The van der Waals surface area contributed by atoms with Crippen molar-refractivity contribution in [2.45, 2.75) is 90.9 Å². The Bertz CT molecular complexity index is 1970. The molecule has 0 radical (unpaired) electrons. The lowest BCUT2D eigenvalue weighted by Crippen LogP contribution is -2.09. The van der Waals surface area contributed by atoms with Gasteiger partial charge in [0.15, 0.2) is 11.5 Å². The second-order valence-corrected chi connectivity index (χ2v) is 14.4. The lowest BCUT2D eigenvalue weighted by molar-refractivity contribution is 0.112. The monoisotopic (exact) mass is 739 g/mol. The number of aldehydes is 1. The van der Waals surface area contributed by atoms with Crippen LogP contribution in [0.2, 0.25) is 0 Å². The van der Waals surface area contributed by atoms with Crippen LogP contribution >= 0.6 is 11.7 Å². The molecule has 6 aromatic rings. The van der Waals surface area contributed by atoms with Crippen LogP contribution in [-0.4, -0.2) is 28.2 Å². The van der Waals surface area contributed by atoms with Crippen molar-refractivity contribution in [3.05, 3.63) is 115 Å². The molecule has 0 saturated carbocycles. The van der Waals surface area contributed by atoms with Gasteiger partial charge in [-0.15, -0.1) is 0 Å². The van der Waals surface area contributed by atoms with Gasteiger partial charge < -0.3 is 14.4 Å². The molecule has 0 unspecified atom stereocenters. The van der Waals surface area contributed by atoms with Crippen LogP contribution in [0, 0.1) is 0 Å². The molecule has 6 nitrogen and oxygen atoms in total. The van der Waals surface area contributed by atoms with Gasteiger partial charge in [-0.25, -0.2) is 0 Å². The van der Waals surface area contributed by atoms with Gasteiger partial charge in [-0.1, -0.05) is 151 Å². The fourth-order valence-electron chi connectivity index (χ4n) is 6.99. The molecule has 6 rings (SSSR count). The molecule has 0 aliphatic heterocycles. The fraction of sp³-hybridized carbons (Fsp3) is 0.340. The van der Waals surface area contributed by atoms with E-state index in [1.165, 1.54) is 63.1 Å². The molecule has 0 spiro atoms. The minimum absolute atomic E-state index is 0.573. The highest BCUT2D eigenvalue weighted by Gasteiger charge is 2.27. The maximum absolute atomic E-state index is 11.6. The van der Waals surface area contributed by atoms with Crippen LogP contribution in [0.15, 0.2) is 109 Å². The molecule has 1 aromatic heterocycles. The first-order valence-corrected chi connectivity index (χ1v) is 20.6. The quantitative estimate of drug-likeness (QED) is 0.0510. The number of carbonyl (C=O) groups excluding carboxylic acids is 1. The van der Waals surface area contributed by atoms with E-state index < -0.39 is 0 Å². The van der Waals surface area contributed by atoms with E-state index in [0.717, 1.165) is 82.3 Å². The van der Waals surface area contributed by atoms with Crippen LogP contribution in [0.25, 0.3) is 33.3 Å². The summed E-state index contributed by atoms with van der Waals surface area (Å²) in [6.45, 7) is 5.64. The van der Waals surface area contributed by atoms with E-state index in [2.05, 4.69) is 91.5 Å². The van der Waals surface area contributed by atoms with Crippen molar-refractivity contribution in [1.29, 1.82) is 0 Å². The van der Waals surface area contributed by atoms with E-state index in [-0.39, 0.29) is 0 Å². The van der Waals surface area contributed by atoms with E-state index in [0.29, 0.717) is 30.3 Å². The topological polar surface area (TPSA) is 64.6 Å². The largest absolute Gasteiger partial charge is 0.489 e. The van der Waals surface area contributed by atoms with Gasteiger partial charge in [0.1, 0.15) is 17.3 Å². The molecule has 0 aliphatic carbocycles. The zero-order chi connectivity index (χ0) is 37.4. The smallest absolute Gasteiger partial charge is 0.172 e. The highest BCUT2D eigenvalue weighted by molar-refractivity contribution is 7.00. The van der Waals surface area contributed by atoms with Gasteiger partial charge in [0.2, 0.25) is 0 Å². The van der Waals surface area contributed by atoms with Crippen molar-refractivity contribution >= 4 is 46.1 Å². The Morgan fingerprint density at radius 3 is 1.37 bits per heavy atom. The molecule has 0 N–H and O–H groups in total. The van der Waals surface area contributed by atoms with E-state index in [1.54, 1.807) is 0 Å². The number of rotatable bonds is 22. The zero-order valence-corrected chi connectivity index (χ0v) is 32.7. The molecule has 54 heavy (non-hydrogen) atoms. The van der Waals surface area contributed by atoms with Crippen molar-refractivity contribution in [3.63, 3.8) is 0 Å². The molecule has 0 aliphatic rings. The number of fused-ring (bicyclic) bond motifs is 1. The summed E-state index contributed by atoms with van der Waals surface area (Å²) in [7, 11) is 0. The van der Waals surface area contributed by atoms with Crippen molar-refractivity contribution in [3.8, 4) is 33.8 Å². The van der Waals surface area contributed by atoms with Crippen LogP contribution in [0.5, 0.6) is 11.5 Å².